The van der Waals surface area contributed by atoms with E-state index in [2.05, 4.69) is 11.0 Å². The lowest BCUT2D eigenvalue weighted by atomic mass is 9.86. The van der Waals surface area contributed by atoms with Crippen LogP contribution in [0.5, 0.6) is 11.5 Å². The minimum absolute atomic E-state index is 0.163. The summed E-state index contributed by atoms with van der Waals surface area (Å²) in [5.74, 6) is 1.95. The number of methoxy groups -OCH3 is 1. The molecule has 0 aromatic heterocycles. The minimum Gasteiger partial charge on any atom is -0.496 e. The number of benzene rings is 1. The van der Waals surface area contributed by atoms with E-state index in [0.717, 1.165) is 44.0 Å². The fourth-order valence-electron chi connectivity index (χ4n) is 3.79. The van der Waals surface area contributed by atoms with Crippen LogP contribution in [0.25, 0.3) is 0 Å². The Balaban J connectivity index is 1.79. The molecule has 0 amide bonds. The molecule has 4 nitrogen and oxygen atoms in total. The third-order valence-corrected chi connectivity index (χ3v) is 4.94. The zero-order chi connectivity index (χ0) is 14.7. The van der Waals surface area contributed by atoms with Crippen molar-refractivity contribution < 1.29 is 9.47 Å². The topological polar surface area (TPSA) is 47.7 Å². The van der Waals surface area contributed by atoms with Gasteiger partial charge in [-0.3, -0.25) is 4.90 Å². The van der Waals surface area contributed by atoms with Crippen molar-refractivity contribution >= 4 is 0 Å². The number of nitrogens with zero attached hydrogens (tertiary/aromatic N) is 1. The second-order valence-corrected chi connectivity index (χ2v) is 6.21. The number of ether oxygens (including phenoxy) is 2. The van der Waals surface area contributed by atoms with Crippen LogP contribution in [-0.2, 0) is 6.42 Å². The summed E-state index contributed by atoms with van der Waals surface area (Å²) in [7, 11) is 1.74. The first kappa shape index (κ1) is 14.7. The largest absolute Gasteiger partial charge is 0.496 e. The highest BCUT2D eigenvalue weighted by Crippen LogP contribution is 2.42. The second kappa shape index (κ2) is 6.24. The van der Waals surface area contributed by atoms with E-state index in [1.54, 1.807) is 7.11 Å². The molecule has 1 saturated heterocycles. The molecule has 4 heteroatoms. The maximum absolute atomic E-state index is 6.09. The van der Waals surface area contributed by atoms with E-state index in [0.29, 0.717) is 0 Å². The molecule has 1 fully saturated rings. The van der Waals surface area contributed by atoms with Crippen LogP contribution in [-0.4, -0.2) is 43.8 Å². The van der Waals surface area contributed by atoms with Gasteiger partial charge in [-0.05, 0) is 57.5 Å². The van der Waals surface area contributed by atoms with Crippen molar-refractivity contribution in [2.24, 2.45) is 5.73 Å². The standard InChI is InChI=1S/C17H26N2O2/c1-20-15-6-4-7-16-14(15)12-17(13-21-16)8-5-11-19(17)10-3-2-9-18/h4,6-7H,2-3,5,8-13,18H2,1H3. The molecule has 2 aliphatic heterocycles. The summed E-state index contributed by atoms with van der Waals surface area (Å²) >= 11 is 0. The van der Waals surface area contributed by atoms with Crippen molar-refractivity contribution in [3.8, 4) is 11.5 Å². The number of likely N-dealkylation sites (tertiary alicyclic amines) is 1. The highest BCUT2D eigenvalue weighted by atomic mass is 16.5. The summed E-state index contributed by atoms with van der Waals surface area (Å²) < 4.78 is 11.6. The zero-order valence-corrected chi connectivity index (χ0v) is 12.9. The molecule has 1 aromatic rings. The monoisotopic (exact) mass is 290 g/mol. The van der Waals surface area contributed by atoms with Crippen molar-refractivity contribution in [1.82, 2.24) is 4.90 Å². The Morgan fingerprint density at radius 1 is 1.38 bits per heavy atom. The van der Waals surface area contributed by atoms with Gasteiger partial charge in [0.15, 0.2) is 0 Å². The van der Waals surface area contributed by atoms with Crippen LogP contribution in [0.4, 0.5) is 0 Å². The summed E-state index contributed by atoms with van der Waals surface area (Å²) in [6.45, 7) is 3.90. The maximum atomic E-state index is 6.09. The Hall–Kier alpha value is -1.26. The quantitative estimate of drug-likeness (QED) is 0.845. The molecule has 0 aliphatic carbocycles. The molecule has 2 heterocycles. The molecule has 1 atom stereocenters. The van der Waals surface area contributed by atoms with Crippen LogP contribution in [0.1, 0.15) is 31.2 Å². The van der Waals surface area contributed by atoms with E-state index in [-0.39, 0.29) is 5.54 Å². The van der Waals surface area contributed by atoms with Crippen molar-refractivity contribution in [3.05, 3.63) is 23.8 Å². The van der Waals surface area contributed by atoms with Crippen LogP contribution in [0, 0.1) is 0 Å². The molecule has 1 aromatic carbocycles. The van der Waals surface area contributed by atoms with Gasteiger partial charge in [0, 0.05) is 12.0 Å². The molecule has 3 rings (SSSR count). The average Bonchev–Trinajstić information content (AvgIpc) is 2.89. The molecule has 116 valence electrons. The van der Waals surface area contributed by atoms with Crippen molar-refractivity contribution in [2.45, 2.75) is 37.6 Å². The summed E-state index contributed by atoms with van der Waals surface area (Å²) in [4.78, 5) is 2.62. The van der Waals surface area contributed by atoms with E-state index in [9.17, 15) is 0 Å². The molecule has 0 bridgehead atoms. The molecule has 1 spiro atoms. The van der Waals surface area contributed by atoms with Gasteiger partial charge in [-0.15, -0.1) is 0 Å². The molecular weight excluding hydrogens is 264 g/mol. The van der Waals surface area contributed by atoms with Crippen molar-refractivity contribution in [3.63, 3.8) is 0 Å². The predicted molar refractivity (Wildman–Crippen MR) is 84.0 cm³/mol. The normalized spacial score (nSPS) is 24.9. The number of rotatable bonds is 5. The fourth-order valence-corrected chi connectivity index (χ4v) is 3.79. The van der Waals surface area contributed by atoms with E-state index in [1.165, 1.54) is 31.4 Å². The summed E-state index contributed by atoms with van der Waals surface area (Å²) in [6, 6.07) is 6.09. The van der Waals surface area contributed by atoms with Gasteiger partial charge in [0.2, 0.25) is 0 Å². The first-order valence-corrected chi connectivity index (χ1v) is 8.03. The molecule has 0 radical (unpaired) electrons. The van der Waals surface area contributed by atoms with Crippen LogP contribution < -0.4 is 15.2 Å². The first-order chi connectivity index (χ1) is 10.3. The van der Waals surface area contributed by atoms with Gasteiger partial charge >= 0.3 is 0 Å². The number of fused-ring (bicyclic) bond motifs is 1. The second-order valence-electron chi connectivity index (χ2n) is 6.21. The lowest BCUT2D eigenvalue weighted by Gasteiger charge is -2.42. The number of hydrogen-bond acceptors (Lipinski definition) is 4. The third kappa shape index (κ3) is 2.74. The third-order valence-electron chi connectivity index (χ3n) is 4.94. The molecular formula is C17H26N2O2. The van der Waals surface area contributed by atoms with E-state index >= 15 is 0 Å². The van der Waals surface area contributed by atoms with E-state index in [1.807, 2.05) is 12.1 Å². The van der Waals surface area contributed by atoms with Crippen molar-refractivity contribution in [2.75, 3.05) is 33.4 Å². The van der Waals surface area contributed by atoms with Crippen LogP contribution >= 0.6 is 0 Å². The number of hydrogen-bond donors (Lipinski definition) is 1. The predicted octanol–water partition coefficient (Wildman–Crippen LogP) is 2.20. The van der Waals surface area contributed by atoms with Crippen LogP contribution in [0.3, 0.4) is 0 Å². The summed E-state index contributed by atoms with van der Waals surface area (Å²) in [5.41, 5.74) is 7.02. The van der Waals surface area contributed by atoms with Gasteiger partial charge in [0.05, 0.1) is 12.6 Å². The number of unbranched alkanes of at least 4 members (excludes halogenated alkanes) is 1. The van der Waals surface area contributed by atoms with Gasteiger partial charge in [0.1, 0.15) is 18.1 Å². The fraction of sp³-hybridized carbons (Fsp3) is 0.647. The van der Waals surface area contributed by atoms with Gasteiger partial charge in [-0.1, -0.05) is 6.07 Å². The lowest BCUT2D eigenvalue weighted by molar-refractivity contribution is 0.0583. The maximum Gasteiger partial charge on any atom is 0.126 e. The van der Waals surface area contributed by atoms with Crippen LogP contribution in [0.2, 0.25) is 0 Å². The van der Waals surface area contributed by atoms with Gasteiger partial charge in [0.25, 0.3) is 0 Å². The van der Waals surface area contributed by atoms with Gasteiger partial charge < -0.3 is 15.2 Å². The molecule has 0 saturated carbocycles. The Labute approximate surface area is 127 Å². The zero-order valence-electron chi connectivity index (χ0n) is 12.9. The van der Waals surface area contributed by atoms with E-state index < -0.39 is 0 Å². The SMILES string of the molecule is COc1cccc2c1CC1(CCCN1CCCCN)CO2. The smallest absolute Gasteiger partial charge is 0.126 e. The van der Waals surface area contributed by atoms with Gasteiger partial charge in [-0.25, -0.2) is 0 Å². The summed E-state index contributed by atoms with van der Waals surface area (Å²) in [6.07, 6.45) is 5.79. The molecule has 2 N–H and O–H groups in total. The Morgan fingerprint density at radius 2 is 2.29 bits per heavy atom. The molecule has 2 aliphatic rings. The number of nitrogens with two attached hydrogens (primary N) is 1. The van der Waals surface area contributed by atoms with Gasteiger partial charge in [-0.2, -0.15) is 0 Å². The Kier molecular flexibility index (Phi) is 4.36. The molecule has 1 unspecified atom stereocenters. The van der Waals surface area contributed by atoms with Crippen LogP contribution in [0.15, 0.2) is 18.2 Å². The lowest BCUT2D eigenvalue weighted by Crippen LogP contribution is -2.52. The first-order valence-electron chi connectivity index (χ1n) is 8.03. The Bertz CT molecular complexity index is 477. The average molecular weight is 290 g/mol. The van der Waals surface area contributed by atoms with E-state index in [4.69, 9.17) is 15.2 Å². The highest BCUT2D eigenvalue weighted by molar-refractivity contribution is 5.47. The highest BCUT2D eigenvalue weighted by Gasteiger charge is 2.44. The van der Waals surface area contributed by atoms with Crippen molar-refractivity contribution in [1.29, 1.82) is 0 Å². The minimum atomic E-state index is 0.163. The summed E-state index contributed by atoms with van der Waals surface area (Å²) in [5, 5.41) is 0. The molecule has 21 heavy (non-hydrogen) atoms. The Morgan fingerprint density at radius 3 is 3.10 bits per heavy atom.